The maximum Gasteiger partial charge on any atom is 0.319 e. The highest BCUT2D eigenvalue weighted by atomic mass is 32.2. The molecule has 1 aliphatic heterocycles. The van der Waals surface area contributed by atoms with Crippen molar-refractivity contribution in [2.24, 2.45) is 7.05 Å². The zero-order valence-electron chi connectivity index (χ0n) is 12.7. The van der Waals surface area contributed by atoms with Gasteiger partial charge in [0.05, 0.1) is 17.2 Å². The van der Waals surface area contributed by atoms with Crippen LogP contribution >= 0.6 is 23.5 Å². The SMILES string of the molecule is CCOC(=O)C(CC)Sc1nc2c(c(=O)n1C)SC(C)C2. The summed E-state index contributed by atoms with van der Waals surface area (Å²) in [5.41, 5.74) is 0.840. The average molecular weight is 328 g/mol. The molecule has 2 rings (SSSR count). The predicted octanol–water partition coefficient (Wildman–Crippen LogP) is 2.25. The van der Waals surface area contributed by atoms with Crippen molar-refractivity contribution in [3.63, 3.8) is 0 Å². The number of aromatic nitrogens is 2. The summed E-state index contributed by atoms with van der Waals surface area (Å²) in [7, 11) is 1.71. The van der Waals surface area contributed by atoms with E-state index in [0.717, 1.165) is 17.0 Å². The third kappa shape index (κ3) is 3.45. The third-order valence-corrected chi connectivity index (χ3v) is 5.85. The molecule has 1 aliphatic rings. The molecule has 21 heavy (non-hydrogen) atoms. The second-order valence-corrected chi connectivity index (χ2v) is 7.55. The minimum absolute atomic E-state index is 0.0180. The number of carbonyl (C=O) groups is 1. The molecule has 0 amide bonds. The number of ether oxygens (including phenoxy) is 1. The lowest BCUT2D eigenvalue weighted by molar-refractivity contribution is -0.142. The second kappa shape index (κ2) is 6.87. The lowest BCUT2D eigenvalue weighted by atomic mass is 10.2. The molecule has 0 spiro atoms. The van der Waals surface area contributed by atoms with Crippen LogP contribution in [0.1, 0.15) is 32.9 Å². The highest BCUT2D eigenvalue weighted by molar-refractivity contribution is 8.00. The van der Waals surface area contributed by atoms with Crippen molar-refractivity contribution >= 4 is 29.5 Å². The number of hydrogen-bond donors (Lipinski definition) is 0. The van der Waals surface area contributed by atoms with Crippen molar-refractivity contribution in [3.8, 4) is 0 Å². The molecule has 0 saturated heterocycles. The van der Waals surface area contributed by atoms with Gasteiger partial charge in [0.25, 0.3) is 5.56 Å². The predicted molar refractivity (Wildman–Crippen MR) is 85.1 cm³/mol. The molecule has 0 fully saturated rings. The van der Waals surface area contributed by atoms with Gasteiger partial charge in [-0.1, -0.05) is 25.6 Å². The van der Waals surface area contributed by atoms with Crippen molar-refractivity contribution in [1.82, 2.24) is 9.55 Å². The van der Waals surface area contributed by atoms with Gasteiger partial charge in [-0.05, 0) is 13.3 Å². The van der Waals surface area contributed by atoms with Gasteiger partial charge in [-0.15, -0.1) is 11.8 Å². The number of rotatable bonds is 5. The molecule has 2 heterocycles. The monoisotopic (exact) mass is 328 g/mol. The van der Waals surface area contributed by atoms with E-state index in [1.165, 1.54) is 16.3 Å². The van der Waals surface area contributed by atoms with Crippen LogP contribution in [-0.2, 0) is 23.0 Å². The number of esters is 1. The summed E-state index contributed by atoms with van der Waals surface area (Å²) in [5.74, 6) is -0.248. The summed E-state index contributed by atoms with van der Waals surface area (Å²) in [6.07, 6.45) is 1.45. The lowest BCUT2D eigenvalue weighted by Crippen LogP contribution is -2.25. The second-order valence-electron chi connectivity index (χ2n) is 4.93. The summed E-state index contributed by atoms with van der Waals surface area (Å²) < 4.78 is 6.61. The molecule has 116 valence electrons. The quantitative estimate of drug-likeness (QED) is 0.469. The van der Waals surface area contributed by atoms with Crippen molar-refractivity contribution in [2.75, 3.05) is 6.61 Å². The summed E-state index contributed by atoms with van der Waals surface area (Å²) in [6, 6.07) is 0. The minimum atomic E-state index is -0.326. The van der Waals surface area contributed by atoms with E-state index in [1.807, 2.05) is 6.92 Å². The van der Waals surface area contributed by atoms with Crippen molar-refractivity contribution in [3.05, 3.63) is 16.0 Å². The Balaban J connectivity index is 2.29. The Bertz CT molecular complexity index is 601. The van der Waals surface area contributed by atoms with Crippen LogP contribution in [0.15, 0.2) is 14.8 Å². The van der Waals surface area contributed by atoms with E-state index in [2.05, 4.69) is 11.9 Å². The standard InChI is InChI=1S/C14H20N2O3S2/c1-5-10(13(18)19-6-2)21-14-15-9-7-8(3)20-11(9)12(17)16(14)4/h8,10H,5-7H2,1-4H3. The van der Waals surface area contributed by atoms with E-state index in [-0.39, 0.29) is 16.8 Å². The molecule has 0 saturated carbocycles. The van der Waals surface area contributed by atoms with Crippen LogP contribution < -0.4 is 5.56 Å². The fourth-order valence-corrected chi connectivity index (χ4v) is 4.28. The fraction of sp³-hybridized carbons (Fsp3) is 0.643. The zero-order valence-corrected chi connectivity index (χ0v) is 14.3. The molecule has 0 radical (unpaired) electrons. The van der Waals surface area contributed by atoms with Crippen molar-refractivity contribution < 1.29 is 9.53 Å². The van der Waals surface area contributed by atoms with Crippen LogP contribution in [0.4, 0.5) is 0 Å². The Labute approximate surface area is 132 Å². The van der Waals surface area contributed by atoms with E-state index in [1.54, 1.807) is 25.7 Å². The van der Waals surface area contributed by atoms with Gasteiger partial charge in [0, 0.05) is 18.7 Å². The van der Waals surface area contributed by atoms with Crippen molar-refractivity contribution in [1.29, 1.82) is 0 Å². The van der Waals surface area contributed by atoms with Crippen LogP contribution in [0, 0.1) is 0 Å². The molecule has 1 aromatic rings. The van der Waals surface area contributed by atoms with Crippen molar-refractivity contribution in [2.45, 2.75) is 54.2 Å². The van der Waals surface area contributed by atoms with Gasteiger partial charge in [-0.2, -0.15) is 0 Å². The van der Waals surface area contributed by atoms with Gasteiger partial charge in [0.1, 0.15) is 5.25 Å². The first kappa shape index (κ1) is 16.4. The Morgan fingerprint density at radius 2 is 2.29 bits per heavy atom. The summed E-state index contributed by atoms with van der Waals surface area (Å²) in [6.45, 7) is 6.17. The molecule has 5 nitrogen and oxygen atoms in total. The van der Waals surface area contributed by atoms with Gasteiger partial charge in [-0.25, -0.2) is 4.98 Å². The molecule has 7 heteroatoms. The van der Waals surface area contributed by atoms with E-state index >= 15 is 0 Å². The first-order chi connectivity index (χ1) is 9.97. The summed E-state index contributed by atoms with van der Waals surface area (Å²) in [5, 5.41) is 0.647. The van der Waals surface area contributed by atoms with Crippen LogP contribution in [0.25, 0.3) is 0 Å². The van der Waals surface area contributed by atoms with E-state index in [0.29, 0.717) is 23.4 Å². The first-order valence-corrected chi connectivity index (χ1v) is 8.83. The number of thioether (sulfide) groups is 2. The van der Waals surface area contributed by atoms with Gasteiger partial charge < -0.3 is 4.74 Å². The summed E-state index contributed by atoms with van der Waals surface area (Å²) in [4.78, 5) is 29.6. The zero-order chi connectivity index (χ0) is 15.6. The summed E-state index contributed by atoms with van der Waals surface area (Å²) >= 11 is 2.90. The average Bonchev–Trinajstić information content (AvgIpc) is 2.82. The van der Waals surface area contributed by atoms with E-state index in [4.69, 9.17) is 4.74 Å². The molecule has 1 aromatic heterocycles. The molecule has 2 unspecified atom stereocenters. The fourth-order valence-electron chi connectivity index (χ4n) is 2.14. The molecule has 0 N–H and O–H groups in total. The van der Waals surface area contributed by atoms with Gasteiger partial charge in [0.2, 0.25) is 0 Å². The topological polar surface area (TPSA) is 61.2 Å². The smallest absolute Gasteiger partial charge is 0.319 e. The maximum atomic E-state index is 12.4. The molecular formula is C14H20N2O3S2. The third-order valence-electron chi connectivity index (χ3n) is 3.25. The Morgan fingerprint density at radius 3 is 2.90 bits per heavy atom. The Hall–Kier alpha value is -0.950. The van der Waals surface area contributed by atoms with E-state index < -0.39 is 0 Å². The Morgan fingerprint density at radius 1 is 1.57 bits per heavy atom. The highest BCUT2D eigenvalue weighted by Gasteiger charge is 2.27. The Kier molecular flexibility index (Phi) is 5.37. The van der Waals surface area contributed by atoms with Crippen LogP contribution in [0.3, 0.4) is 0 Å². The largest absolute Gasteiger partial charge is 0.465 e. The van der Waals surface area contributed by atoms with Gasteiger partial charge in [-0.3, -0.25) is 14.2 Å². The molecule has 2 atom stereocenters. The van der Waals surface area contributed by atoms with Gasteiger partial charge >= 0.3 is 5.97 Å². The maximum absolute atomic E-state index is 12.4. The van der Waals surface area contributed by atoms with Gasteiger partial charge in [0.15, 0.2) is 5.16 Å². The number of nitrogens with zero attached hydrogens (tertiary/aromatic N) is 2. The van der Waals surface area contributed by atoms with E-state index in [9.17, 15) is 9.59 Å². The van der Waals surface area contributed by atoms with Crippen LogP contribution in [-0.4, -0.2) is 32.6 Å². The molecular weight excluding hydrogens is 308 g/mol. The number of carbonyl (C=O) groups excluding carboxylic acids is 1. The molecule has 0 aliphatic carbocycles. The highest BCUT2D eigenvalue weighted by Crippen LogP contribution is 2.34. The normalized spacial score (nSPS) is 18.4. The number of fused-ring (bicyclic) bond motifs is 1. The van der Waals surface area contributed by atoms with Crippen LogP contribution in [0.5, 0.6) is 0 Å². The molecule has 0 aromatic carbocycles. The minimum Gasteiger partial charge on any atom is -0.465 e. The first-order valence-electron chi connectivity index (χ1n) is 7.07. The lowest BCUT2D eigenvalue weighted by Gasteiger charge is -2.15. The molecule has 0 bridgehead atoms. The van der Waals surface area contributed by atoms with Crippen LogP contribution in [0.2, 0.25) is 0 Å². The number of hydrogen-bond acceptors (Lipinski definition) is 6.